The highest BCUT2D eigenvalue weighted by atomic mass is 16.6. The summed E-state index contributed by atoms with van der Waals surface area (Å²) in [7, 11) is 0. The predicted molar refractivity (Wildman–Crippen MR) is 112 cm³/mol. The van der Waals surface area contributed by atoms with Gasteiger partial charge in [0.2, 0.25) is 11.8 Å². The zero-order valence-corrected chi connectivity index (χ0v) is 17.0. The highest BCUT2D eigenvalue weighted by molar-refractivity contribution is 6.04. The van der Waals surface area contributed by atoms with Crippen molar-refractivity contribution in [3.63, 3.8) is 0 Å². The van der Waals surface area contributed by atoms with Crippen molar-refractivity contribution >= 4 is 23.2 Å². The topological polar surface area (TPSA) is 67.9 Å². The molecule has 6 heteroatoms. The summed E-state index contributed by atoms with van der Waals surface area (Å²) in [4.78, 5) is 27.2. The van der Waals surface area contributed by atoms with Crippen molar-refractivity contribution in [3.05, 3.63) is 47.5 Å². The smallest absolute Gasteiger partial charge is 0.229 e. The lowest BCUT2D eigenvalue weighted by Gasteiger charge is -2.22. The second-order valence-electron chi connectivity index (χ2n) is 7.92. The molecule has 0 aliphatic carbocycles. The molecule has 2 heterocycles. The molecule has 152 valence electrons. The zero-order chi connectivity index (χ0) is 20.5. The lowest BCUT2D eigenvalue weighted by Crippen LogP contribution is -2.28. The molecule has 0 saturated carbocycles. The van der Waals surface area contributed by atoms with Gasteiger partial charge in [-0.3, -0.25) is 9.59 Å². The van der Waals surface area contributed by atoms with E-state index < -0.39 is 5.92 Å². The number of anilines is 2. The molecule has 0 unspecified atom stereocenters. The molecule has 2 aromatic rings. The fourth-order valence-electron chi connectivity index (χ4n) is 3.90. The highest BCUT2D eigenvalue weighted by Crippen LogP contribution is 2.36. The number of para-hydroxylation sites is 1. The van der Waals surface area contributed by atoms with Crippen LogP contribution in [0.1, 0.15) is 37.3 Å². The van der Waals surface area contributed by atoms with Crippen LogP contribution in [0.25, 0.3) is 0 Å². The Kier molecular flexibility index (Phi) is 5.18. The Morgan fingerprint density at radius 2 is 1.90 bits per heavy atom. The van der Waals surface area contributed by atoms with Gasteiger partial charge in [0.1, 0.15) is 13.2 Å². The minimum absolute atomic E-state index is 0.0595. The summed E-state index contributed by atoms with van der Waals surface area (Å²) in [6.45, 7) is 7.56. The van der Waals surface area contributed by atoms with Gasteiger partial charge in [0, 0.05) is 30.4 Å². The van der Waals surface area contributed by atoms with E-state index in [1.165, 1.54) is 0 Å². The first-order valence-electron chi connectivity index (χ1n) is 10.0. The standard InChI is InChI=1S/C23H26N2O4/c1-14(2)18-6-4-5-15(3)22(18)24-23(27)16-11-21(26)25(13-16)17-7-8-19-20(12-17)29-10-9-28-19/h4-8,12,14,16H,9-11,13H2,1-3H3,(H,24,27)/t16-/m0/s1. The number of aryl methyl sites for hydroxylation is 1. The van der Waals surface area contributed by atoms with Crippen molar-refractivity contribution in [1.29, 1.82) is 0 Å². The quantitative estimate of drug-likeness (QED) is 0.855. The molecular weight excluding hydrogens is 368 g/mol. The van der Waals surface area contributed by atoms with E-state index in [0.717, 1.165) is 22.5 Å². The lowest BCUT2D eigenvalue weighted by molar-refractivity contribution is -0.122. The Balaban J connectivity index is 1.51. The first-order chi connectivity index (χ1) is 13.9. The summed E-state index contributed by atoms with van der Waals surface area (Å²) < 4.78 is 11.2. The molecule has 0 radical (unpaired) electrons. The third-order valence-electron chi connectivity index (χ3n) is 5.51. The van der Waals surface area contributed by atoms with Crippen LogP contribution in [0, 0.1) is 12.8 Å². The molecule has 2 aliphatic rings. The van der Waals surface area contributed by atoms with Gasteiger partial charge in [-0.15, -0.1) is 0 Å². The van der Waals surface area contributed by atoms with Gasteiger partial charge >= 0.3 is 0 Å². The number of fused-ring (bicyclic) bond motifs is 1. The van der Waals surface area contributed by atoms with Gasteiger partial charge in [-0.1, -0.05) is 32.0 Å². The van der Waals surface area contributed by atoms with Crippen molar-refractivity contribution in [2.75, 3.05) is 30.0 Å². The van der Waals surface area contributed by atoms with Crippen molar-refractivity contribution in [3.8, 4) is 11.5 Å². The molecule has 1 fully saturated rings. The summed E-state index contributed by atoms with van der Waals surface area (Å²) in [6.07, 6.45) is 0.198. The summed E-state index contributed by atoms with van der Waals surface area (Å²) in [5, 5.41) is 3.08. The molecule has 0 aromatic heterocycles. The Bertz CT molecular complexity index is 954. The summed E-state index contributed by atoms with van der Waals surface area (Å²) in [5.41, 5.74) is 3.72. The summed E-state index contributed by atoms with van der Waals surface area (Å²) in [6, 6.07) is 11.5. The molecule has 2 aliphatic heterocycles. The average Bonchev–Trinajstić information content (AvgIpc) is 3.10. The molecule has 0 bridgehead atoms. The van der Waals surface area contributed by atoms with E-state index in [1.54, 1.807) is 4.90 Å². The number of benzene rings is 2. The number of carbonyl (C=O) groups is 2. The Hall–Kier alpha value is -3.02. The molecule has 1 N–H and O–H groups in total. The van der Waals surface area contributed by atoms with Crippen LogP contribution in [0.2, 0.25) is 0 Å². The SMILES string of the molecule is Cc1cccc(C(C)C)c1NC(=O)[C@H]1CC(=O)N(c2ccc3c(c2)OCCO3)C1. The molecule has 2 amide bonds. The number of hydrogen-bond acceptors (Lipinski definition) is 4. The second kappa shape index (κ2) is 7.78. The van der Waals surface area contributed by atoms with Crippen LogP contribution in [-0.4, -0.2) is 31.6 Å². The summed E-state index contributed by atoms with van der Waals surface area (Å²) in [5.74, 6) is 1.04. The van der Waals surface area contributed by atoms with Gasteiger partial charge in [0.05, 0.1) is 5.92 Å². The third kappa shape index (κ3) is 3.79. The van der Waals surface area contributed by atoms with E-state index in [-0.39, 0.29) is 18.2 Å². The van der Waals surface area contributed by atoms with Gasteiger partial charge in [0.25, 0.3) is 0 Å². The summed E-state index contributed by atoms with van der Waals surface area (Å²) >= 11 is 0. The predicted octanol–water partition coefficient (Wildman–Crippen LogP) is 3.88. The maximum atomic E-state index is 13.0. The number of ether oxygens (including phenoxy) is 2. The van der Waals surface area contributed by atoms with Crippen molar-refractivity contribution in [2.24, 2.45) is 5.92 Å². The fraction of sp³-hybridized carbons (Fsp3) is 0.391. The molecule has 1 saturated heterocycles. The molecule has 0 spiro atoms. The Labute approximate surface area is 170 Å². The first-order valence-corrected chi connectivity index (χ1v) is 10.0. The number of rotatable bonds is 4. The van der Waals surface area contributed by atoms with E-state index in [1.807, 2.05) is 43.3 Å². The maximum Gasteiger partial charge on any atom is 0.229 e. The monoisotopic (exact) mass is 394 g/mol. The molecule has 6 nitrogen and oxygen atoms in total. The number of nitrogens with zero attached hydrogens (tertiary/aromatic N) is 1. The Morgan fingerprint density at radius 3 is 2.66 bits per heavy atom. The van der Waals surface area contributed by atoms with E-state index in [0.29, 0.717) is 37.2 Å². The highest BCUT2D eigenvalue weighted by Gasteiger charge is 2.36. The van der Waals surface area contributed by atoms with Crippen LogP contribution in [0.5, 0.6) is 11.5 Å². The maximum absolute atomic E-state index is 13.0. The normalized spacial score (nSPS) is 18.3. The first kappa shape index (κ1) is 19.3. The molecule has 29 heavy (non-hydrogen) atoms. The molecule has 1 atom stereocenters. The molecular formula is C23H26N2O4. The number of nitrogens with one attached hydrogen (secondary N) is 1. The van der Waals surface area contributed by atoms with E-state index in [2.05, 4.69) is 19.2 Å². The Morgan fingerprint density at radius 1 is 1.14 bits per heavy atom. The molecule has 2 aromatic carbocycles. The van der Waals surface area contributed by atoms with Crippen LogP contribution >= 0.6 is 0 Å². The zero-order valence-electron chi connectivity index (χ0n) is 17.0. The number of carbonyl (C=O) groups excluding carboxylic acids is 2. The van der Waals surface area contributed by atoms with Gasteiger partial charge in [-0.2, -0.15) is 0 Å². The van der Waals surface area contributed by atoms with Gasteiger partial charge in [0.15, 0.2) is 11.5 Å². The van der Waals surface area contributed by atoms with Crippen LogP contribution in [0.3, 0.4) is 0 Å². The van der Waals surface area contributed by atoms with E-state index in [4.69, 9.17) is 9.47 Å². The van der Waals surface area contributed by atoms with Crippen molar-refractivity contribution in [1.82, 2.24) is 0 Å². The number of amides is 2. The fourth-order valence-corrected chi connectivity index (χ4v) is 3.90. The lowest BCUT2D eigenvalue weighted by atomic mass is 9.97. The van der Waals surface area contributed by atoms with E-state index in [9.17, 15) is 9.59 Å². The minimum Gasteiger partial charge on any atom is -0.486 e. The van der Waals surface area contributed by atoms with Gasteiger partial charge < -0.3 is 19.7 Å². The molecule has 4 rings (SSSR count). The third-order valence-corrected chi connectivity index (χ3v) is 5.51. The van der Waals surface area contributed by atoms with Crippen molar-refractivity contribution < 1.29 is 19.1 Å². The minimum atomic E-state index is -0.393. The van der Waals surface area contributed by atoms with Crippen LogP contribution in [0.15, 0.2) is 36.4 Å². The van der Waals surface area contributed by atoms with Crippen LogP contribution < -0.4 is 19.7 Å². The average molecular weight is 394 g/mol. The van der Waals surface area contributed by atoms with Crippen LogP contribution in [-0.2, 0) is 9.59 Å². The number of hydrogen-bond donors (Lipinski definition) is 1. The largest absolute Gasteiger partial charge is 0.486 e. The van der Waals surface area contributed by atoms with E-state index >= 15 is 0 Å². The van der Waals surface area contributed by atoms with Gasteiger partial charge in [-0.05, 0) is 36.1 Å². The second-order valence-corrected chi connectivity index (χ2v) is 7.92. The van der Waals surface area contributed by atoms with Crippen molar-refractivity contribution in [2.45, 2.75) is 33.1 Å². The van der Waals surface area contributed by atoms with Crippen LogP contribution in [0.4, 0.5) is 11.4 Å². The van der Waals surface area contributed by atoms with Gasteiger partial charge in [-0.25, -0.2) is 0 Å².